The summed E-state index contributed by atoms with van der Waals surface area (Å²) in [5.41, 5.74) is 11.2. The zero-order valence-corrected chi connectivity index (χ0v) is 21.8. The van der Waals surface area contributed by atoms with Crippen molar-refractivity contribution in [1.29, 1.82) is 0 Å². The molecular weight excluding hydrogens is 484 g/mol. The van der Waals surface area contributed by atoms with Crippen molar-refractivity contribution in [2.45, 2.75) is 5.54 Å². The van der Waals surface area contributed by atoms with Crippen LogP contribution in [0.15, 0.2) is 152 Å². The molecule has 2 aliphatic rings. The lowest BCUT2D eigenvalue weighted by Crippen LogP contribution is -2.52. The fourth-order valence-corrected chi connectivity index (χ4v) is 6.37. The van der Waals surface area contributed by atoms with Gasteiger partial charge in [-0.3, -0.25) is 0 Å². The molecule has 8 rings (SSSR count). The van der Waals surface area contributed by atoms with Crippen LogP contribution in [0.5, 0.6) is 0 Å². The van der Waals surface area contributed by atoms with Crippen LogP contribution in [0.4, 0.5) is 17.1 Å². The maximum atomic E-state index is 3.79. The summed E-state index contributed by atoms with van der Waals surface area (Å²) in [6.07, 6.45) is 0. The molecule has 0 amide bonds. The van der Waals surface area contributed by atoms with Crippen molar-refractivity contribution in [3.8, 4) is 34.4 Å². The zero-order chi connectivity index (χ0) is 26.5. The van der Waals surface area contributed by atoms with Gasteiger partial charge in [0.05, 0.1) is 22.3 Å². The van der Waals surface area contributed by atoms with Gasteiger partial charge in [-0.2, -0.15) is 4.57 Å². The first kappa shape index (κ1) is 22.6. The summed E-state index contributed by atoms with van der Waals surface area (Å²) in [7, 11) is 0. The molecule has 0 atom stereocenters. The second-order valence-electron chi connectivity index (χ2n) is 10.2. The number of hydrogen-bond donors (Lipinski definition) is 0. The molecular formula is C38H25N2+. The predicted octanol–water partition coefficient (Wildman–Crippen LogP) is 8.25. The Morgan fingerprint density at radius 2 is 0.925 bits per heavy atom. The molecule has 0 unspecified atom stereocenters. The number of benzene rings is 5. The molecule has 0 fully saturated rings. The highest BCUT2D eigenvalue weighted by atomic mass is 15.1. The van der Waals surface area contributed by atoms with E-state index in [-0.39, 0.29) is 0 Å². The van der Waals surface area contributed by atoms with E-state index in [2.05, 4.69) is 173 Å². The van der Waals surface area contributed by atoms with Gasteiger partial charge in [0.1, 0.15) is 0 Å². The number of aromatic nitrogens is 1. The van der Waals surface area contributed by atoms with Crippen molar-refractivity contribution < 1.29 is 4.57 Å². The van der Waals surface area contributed by atoms with Crippen LogP contribution in [0.25, 0.3) is 22.5 Å². The number of pyridine rings is 1. The van der Waals surface area contributed by atoms with Gasteiger partial charge in [-0.05, 0) is 84.8 Å². The van der Waals surface area contributed by atoms with Crippen LogP contribution >= 0.6 is 0 Å². The van der Waals surface area contributed by atoms with Gasteiger partial charge in [0.2, 0.25) is 11.4 Å². The maximum absolute atomic E-state index is 3.79. The molecule has 2 aliphatic heterocycles. The van der Waals surface area contributed by atoms with Crippen LogP contribution in [-0.4, -0.2) is 0 Å². The van der Waals surface area contributed by atoms with Gasteiger partial charge in [-0.1, -0.05) is 66.6 Å². The van der Waals surface area contributed by atoms with Gasteiger partial charge in [0.25, 0.3) is 5.54 Å². The summed E-state index contributed by atoms with van der Waals surface area (Å²) in [4.78, 5) is 2.27. The molecule has 2 heteroatoms. The summed E-state index contributed by atoms with van der Waals surface area (Å²) in [5, 5.41) is 0. The van der Waals surface area contributed by atoms with Crippen LogP contribution < -0.4 is 9.47 Å². The minimum atomic E-state index is -0.544. The van der Waals surface area contributed by atoms with Crippen molar-refractivity contribution in [3.05, 3.63) is 168 Å². The summed E-state index contributed by atoms with van der Waals surface area (Å²) in [6, 6.07) is 53.6. The molecule has 186 valence electrons. The second kappa shape index (κ2) is 8.83. The van der Waals surface area contributed by atoms with Crippen molar-refractivity contribution in [2.75, 3.05) is 4.90 Å². The molecule has 0 radical (unpaired) electrons. The molecule has 0 saturated carbocycles. The van der Waals surface area contributed by atoms with E-state index in [1.54, 1.807) is 0 Å². The minimum Gasteiger partial charge on any atom is -0.311 e. The van der Waals surface area contributed by atoms with E-state index in [0.29, 0.717) is 0 Å². The lowest BCUT2D eigenvalue weighted by atomic mass is 9.82. The molecule has 0 spiro atoms. The first-order valence-corrected chi connectivity index (χ1v) is 13.6. The molecule has 0 bridgehead atoms. The molecule has 3 heterocycles. The average Bonchev–Trinajstić information content (AvgIpc) is 3.49. The van der Waals surface area contributed by atoms with E-state index in [1.807, 2.05) is 0 Å². The van der Waals surface area contributed by atoms with E-state index in [9.17, 15) is 0 Å². The van der Waals surface area contributed by atoms with Crippen LogP contribution in [0, 0.1) is 11.8 Å². The lowest BCUT2D eigenvalue weighted by Gasteiger charge is -2.25. The Labute approximate surface area is 234 Å². The highest BCUT2D eigenvalue weighted by molar-refractivity contribution is 5.80. The Hall–Kier alpha value is -5.39. The Morgan fingerprint density at radius 3 is 1.48 bits per heavy atom. The monoisotopic (exact) mass is 509 g/mol. The zero-order valence-electron chi connectivity index (χ0n) is 21.8. The third-order valence-electron chi connectivity index (χ3n) is 8.05. The number of anilines is 3. The topological polar surface area (TPSA) is 7.12 Å². The second-order valence-corrected chi connectivity index (χ2v) is 10.2. The Bertz CT molecular complexity index is 1840. The molecule has 0 N–H and O–H groups in total. The summed E-state index contributed by atoms with van der Waals surface area (Å²) in [6.45, 7) is 0. The van der Waals surface area contributed by atoms with Gasteiger partial charge in [0.15, 0.2) is 0 Å². The number of fused-ring (bicyclic) bond motifs is 6. The van der Waals surface area contributed by atoms with Crippen LogP contribution in [0.1, 0.15) is 16.7 Å². The number of para-hydroxylation sites is 2. The minimum absolute atomic E-state index is 0.544. The maximum Gasteiger partial charge on any atom is 0.282 e. The third kappa shape index (κ3) is 3.22. The quantitative estimate of drug-likeness (QED) is 0.172. The van der Waals surface area contributed by atoms with Gasteiger partial charge in [-0.25, -0.2) is 0 Å². The first-order valence-electron chi connectivity index (χ1n) is 13.6. The van der Waals surface area contributed by atoms with E-state index >= 15 is 0 Å². The fourth-order valence-electron chi connectivity index (χ4n) is 6.37. The molecule has 0 saturated heterocycles. The number of nitrogens with zero attached hydrogens (tertiary/aromatic N) is 2. The predicted molar refractivity (Wildman–Crippen MR) is 162 cm³/mol. The van der Waals surface area contributed by atoms with Crippen LogP contribution in [0.3, 0.4) is 0 Å². The first-order chi connectivity index (χ1) is 19.8. The largest absolute Gasteiger partial charge is 0.311 e. The van der Waals surface area contributed by atoms with Crippen molar-refractivity contribution in [2.24, 2.45) is 0 Å². The van der Waals surface area contributed by atoms with E-state index in [1.165, 1.54) is 33.6 Å². The Morgan fingerprint density at radius 1 is 0.450 bits per heavy atom. The highest BCUT2D eigenvalue weighted by Crippen LogP contribution is 2.49. The van der Waals surface area contributed by atoms with E-state index < -0.39 is 5.54 Å². The lowest BCUT2D eigenvalue weighted by molar-refractivity contribution is -0.697. The smallest absolute Gasteiger partial charge is 0.282 e. The van der Waals surface area contributed by atoms with Gasteiger partial charge >= 0.3 is 0 Å². The van der Waals surface area contributed by atoms with Crippen molar-refractivity contribution in [3.63, 3.8) is 0 Å². The number of hydrogen-bond acceptors (Lipinski definition) is 1. The summed E-state index contributed by atoms with van der Waals surface area (Å²) < 4.78 is 2.44. The number of rotatable bonds is 3. The summed E-state index contributed by atoms with van der Waals surface area (Å²) in [5.74, 6) is 7.38. The highest BCUT2D eigenvalue weighted by Gasteiger charge is 2.58. The van der Waals surface area contributed by atoms with Gasteiger partial charge in [-0.15, -0.1) is 0 Å². The Kier molecular flexibility index (Phi) is 4.99. The van der Waals surface area contributed by atoms with Crippen LogP contribution in [-0.2, 0) is 5.54 Å². The fraction of sp³-hybridized carbons (Fsp3) is 0.0263. The standard InChI is InChI=1S/C38H25N2/c1-3-12-29(13-4-1)39(30-14-5-2-6-15-30)31-24-22-28(23-25-31)26-27-38-34-18-9-7-16-32(34)36-20-11-21-37(40(36)38)33-17-8-10-19-35(33)38/h1-25H/q+1. The molecule has 0 aliphatic carbocycles. The van der Waals surface area contributed by atoms with Crippen molar-refractivity contribution >= 4 is 17.1 Å². The van der Waals surface area contributed by atoms with Gasteiger partial charge in [0, 0.05) is 34.8 Å². The normalized spacial score (nSPS) is 13.0. The molecule has 5 aromatic carbocycles. The molecule has 40 heavy (non-hydrogen) atoms. The van der Waals surface area contributed by atoms with Gasteiger partial charge < -0.3 is 4.90 Å². The van der Waals surface area contributed by atoms with E-state index in [0.717, 1.165) is 22.6 Å². The Balaban J connectivity index is 1.26. The van der Waals surface area contributed by atoms with Crippen LogP contribution in [0.2, 0.25) is 0 Å². The van der Waals surface area contributed by atoms with Crippen molar-refractivity contribution in [1.82, 2.24) is 0 Å². The molecule has 2 nitrogen and oxygen atoms in total. The molecule has 6 aromatic rings. The SMILES string of the molecule is C(#CC12c3ccccc3-c3cccc([n+]31)-c1ccccc12)c1ccc(N(c2ccccc2)c2ccccc2)cc1. The van der Waals surface area contributed by atoms with E-state index in [4.69, 9.17) is 0 Å². The molecule has 1 aromatic heterocycles. The third-order valence-corrected chi connectivity index (χ3v) is 8.05. The summed E-state index contributed by atoms with van der Waals surface area (Å²) >= 11 is 0. The average molecular weight is 510 g/mol.